The van der Waals surface area contributed by atoms with E-state index in [1.807, 2.05) is 73.7 Å². The highest BCUT2D eigenvalue weighted by Crippen LogP contribution is 2.48. The molecule has 0 saturated heterocycles. The molecule has 3 rings (SSSR count). The van der Waals surface area contributed by atoms with Crippen LogP contribution in [0.4, 0.5) is 0 Å². The van der Waals surface area contributed by atoms with E-state index in [4.69, 9.17) is 4.99 Å². The fourth-order valence-electron chi connectivity index (χ4n) is 2.71. The Morgan fingerprint density at radius 1 is 1.09 bits per heavy atom. The smallest absolute Gasteiger partial charge is 0.154 e. The molecular weight excluding hydrogens is 268 g/mol. The van der Waals surface area contributed by atoms with E-state index in [1.54, 1.807) is 0 Å². The van der Waals surface area contributed by atoms with Gasteiger partial charge >= 0.3 is 0 Å². The first-order valence-electron chi connectivity index (χ1n) is 7.54. The van der Waals surface area contributed by atoms with Crippen LogP contribution in [-0.4, -0.2) is 11.3 Å². The van der Waals surface area contributed by atoms with Crippen molar-refractivity contribution in [2.24, 2.45) is 10.9 Å². The van der Waals surface area contributed by atoms with Crippen LogP contribution >= 0.6 is 0 Å². The fourth-order valence-corrected chi connectivity index (χ4v) is 2.71. The maximum Gasteiger partial charge on any atom is 0.154 e. The van der Waals surface area contributed by atoms with E-state index in [9.17, 15) is 5.26 Å². The molecule has 2 heteroatoms. The Balaban J connectivity index is 2.08. The first kappa shape index (κ1) is 14.3. The Morgan fingerprint density at radius 3 is 2.09 bits per heavy atom. The first-order valence-corrected chi connectivity index (χ1v) is 7.54. The molecule has 0 heterocycles. The average molecular weight is 286 g/mol. The lowest BCUT2D eigenvalue weighted by Gasteiger charge is -2.10. The lowest BCUT2D eigenvalue weighted by atomic mass is 10.0. The van der Waals surface area contributed by atoms with Gasteiger partial charge in [0.1, 0.15) is 0 Å². The third-order valence-corrected chi connectivity index (χ3v) is 4.01. The molecule has 22 heavy (non-hydrogen) atoms. The van der Waals surface area contributed by atoms with Crippen LogP contribution in [0.15, 0.2) is 77.8 Å². The highest BCUT2D eigenvalue weighted by atomic mass is 15.0. The molecule has 0 aliphatic heterocycles. The number of hydrogen-bond acceptors (Lipinski definition) is 2. The molecule has 1 fully saturated rings. The van der Waals surface area contributed by atoms with Gasteiger partial charge in [-0.05, 0) is 13.3 Å². The van der Waals surface area contributed by atoms with Gasteiger partial charge in [-0.3, -0.25) is 4.99 Å². The molecule has 2 nitrogen and oxygen atoms in total. The van der Waals surface area contributed by atoms with Crippen molar-refractivity contribution in [1.29, 1.82) is 5.26 Å². The minimum absolute atomic E-state index is 0.227. The molecule has 0 aromatic heterocycles. The number of nitrogens with zero attached hydrogens (tertiary/aromatic N) is 2. The first-order chi connectivity index (χ1) is 10.8. The standard InChI is InChI=1S/C20H18N2/c1-2-9-18-14-20(18,15-21)22-19(16-10-5-3-6-11-16)17-12-7-4-8-13-17/h2-13,18H,14H2,1H3/b9-2+/t18-,20+/m0/s1. The van der Waals surface area contributed by atoms with Crippen LogP contribution in [-0.2, 0) is 0 Å². The molecule has 1 aliphatic rings. The highest BCUT2D eigenvalue weighted by Gasteiger charge is 2.54. The minimum atomic E-state index is -0.604. The van der Waals surface area contributed by atoms with Crippen LogP contribution in [0.3, 0.4) is 0 Å². The van der Waals surface area contributed by atoms with Crippen molar-refractivity contribution in [2.75, 3.05) is 0 Å². The number of allylic oxidation sites excluding steroid dienone is 1. The summed E-state index contributed by atoms with van der Waals surface area (Å²) in [7, 11) is 0. The largest absolute Gasteiger partial charge is 0.262 e. The molecule has 0 spiro atoms. The van der Waals surface area contributed by atoms with Gasteiger partial charge in [0.25, 0.3) is 0 Å². The molecular formula is C20H18N2. The van der Waals surface area contributed by atoms with Gasteiger partial charge in [0, 0.05) is 17.0 Å². The van der Waals surface area contributed by atoms with Crippen molar-refractivity contribution in [3.63, 3.8) is 0 Å². The third-order valence-electron chi connectivity index (χ3n) is 4.01. The summed E-state index contributed by atoms with van der Waals surface area (Å²) in [4.78, 5) is 4.88. The molecule has 0 N–H and O–H groups in total. The maximum absolute atomic E-state index is 9.61. The van der Waals surface area contributed by atoms with E-state index < -0.39 is 5.54 Å². The van der Waals surface area contributed by atoms with Crippen LogP contribution in [0.2, 0.25) is 0 Å². The number of nitriles is 1. The Hall–Kier alpha value is -2.66. The Bertz CT molecular complexity index is 697. The predicted octanol–water partition coefficient (Wildman–Crippen LogP) is 4.38. The number of rotatable bonds is 4. The topological polar surface area (TPSA) is 36.1 Å². The number of hydrogen-bond donors (Lipinski definition) is 0. The van der Waals surface area contributed by atoms with E-state index in [0.29, 0.717) is 0 Å². The maximum atomic E-state index is 9.61. The summed E-state index contributed by atoms with van der Waals surface area (Å²) in [6.45, 7) is 1.99. The van der Waals surface area contributed by atoms with Gasteiger partial charge in [0.15, 0.2) is 5.54 Å². The van der Waals surface area contributed by atoms with Gasteiger partial charge < -0.3 is 0 Å². The normalized spacial score (nSPS) is 23.0. The zero-order valence-corrected chi connectivity index (χ0v) is 12.6. The summed E-state index contributed by atoms with van der Waals surface area (Å²) < 4.78 is 0. The Kier molecular flexibility index (Phi) is 3.89. The van der Waals surface area contributed by atoms with E-state index >= 15 is 0 Å². The van der Waals surface area contributed by atoms with Gasteiger partial charge in [-0.25, -0.2) is 0 Å². The van der Waals surface area contributed by atoms with Crippen molar-refractivity contribution >= 4 is 5.71 Å². The summed E-state index contributed by atoms with van der Waals surface area (Å²) in [6.07, 6.45) is 4.89. The van der Waals surface area contributed by atoms with Gasteiger partial charge in [0.05, 0.1) is 11.8 Å². The molecule has 2 atom stereocenters. The van der Waals surface area contributed by atoms with Gasteiger partial charge in [-0.15, -0.1) is 0 Å². The SMILES string of the molecule is C/C=C/[C@H]1C[C@]1(C#N)N=C(c1ccccc1)c1ccccc1. The quantitative estimate of drug-likeness (QED) is 0.607. The molecule has 108 valence electrons. The molecule has 0 unspecified atom stereocenters. The van der Waals surface area contributed by atoms with E-state index in [0.717, 1.165) is 23.3 Å². The summed E-state index contributed by atoms with van der Waals surface area (Å²) in [6, 6.07) is 22.6. The summed E-state index contributed by atoms with van der Waals surface area (Å²) in [5.41, 5.74) is 2.40. The van der Waals surface area contributed by atoms with Gasteiger partial charge in [-0.2, -0.15) is 5.26 Å². The number of benzene rings is 2. The zero-order chi connectivity index (χ0) is 15.4. The summed E-state index contributed by atoms with van der Waals surface area (Å²) >= 11 is 0. The van der Waals surface area contributed by atoms with Crippen molar-refractivity contribution in [2.45, 2.75) is 18.9 Å². The second kappa shape index (κ2) is 5.99. The van der Waals surface area contributed by atoms with Gasteiger partial charge in [0.2, 0.25) is 0 Å². The fraction of sp³-hybridized carbons (Fsp3) is 0.200. The van der Waals surface area contributed by atoms with Crippen LogP contribution < -0.4 is 0 Å². The van der Waals surface area contributed by atoms with E-state index in [-0.39, 0.29) is 5.92 Å². The molecule has 1 saturated carbocycles. The van der Waals surface area contributed by atoms with Crippen molar-refractivity contribution in [1.82, 2.24) is 0 Å². The Labute approximate surface area is 131 Å². The molecule has 0 amide bonds. The van der Waals surface area contributed by atoms with E-state index in [2.05, 4.69) is 12.1 Å². The third kappa shape index (κ3) is 2.71. The van der Waals surface area contributed by atoms with Crippen molar-refractivity contribution in [3.8, 4) is 6.07 Å². The lowest BCUT2D eigenvalue weighted by Crippen LogP contribution is -2.12. The second-order valence-corrected chi connectivity index (χ2v) is 5.56. The number of aliphatic imine (C=N–C) groups is 1. The van der Waals surface area contributed by atoms with E-state index in [1.165, 1.54) is 0 Å². The van der Waals surface area contributed by atoms with Gasteiger partial charge in [-0.1, -0.05) is 72.8 Å². The summed E-state index contributed by atoms with van der Waals surface area (Å²) in [5, 5.41) is 9.61. The zero-order valence-electron chi connectivity index (χ0n) is 12.6. The lowest BCUT2D eigenvalue weighted by molar-refractivity contribution is 0.816. The minimum Gasteiger partial charge on any atom is -0.262 e. The molecule has 0 bridgehead atoms. The summed E-state index contributed by atoms with van der Waals surface area (Å²) in [5.74, 6) is 0.227. The molecule has 1 aliphatic carbocycles. The molecule has 2 aromatic carbocycles. The predicted molar refractivity (Wildman–Crippen MR) is 89.8 cm³/mol. The monoisotopic (exact) mass is 286 g/mol. The average Bonchev–Trinajstić information content (AvgIpc) is 3.28. The van der Waals surface area contributed by atoms with Crippen LogP contribution in [0, 0.1) is 17.2 Å². The van der Waals surface area contributed by atoms with Crippen LogP contribution in [0.1, 0.15) is 24.5 Å². The van der Waals surface area contributed by atoms with Crippen molar-refractivity contribution in [3.05, 3.63) is 83.9 Å². The van der Waals surface area contributed by atoms with Crippen LogP contribution in [0.25, 0.3) is 0 Å². The molecule has 2 aromatic rings. The molecule has 0 radical (unpaired) electrons. The van der Waals surface area contributed by atoms with Crippen molar-refractivity contribution < 1.29 is 0 Å². The van der Waals surface area contributed by atoms with Crippen LogP contribution in [0.5, 0.6) is 0 Å². The second-order valence-electron chi connectivity index (χ2n) is 5.56. The highest BCUT2D eigenvalue weighted by molar-refractivity contribution is 6.13. The Morgan fingerprint density at radius 2 is 1.64 bits per heavy atom.